The van der Waals surface area contributed by atoms with E-state index in [2.05, 4.69) is 34.6 Å². The zero-order valence-electron chi connectivity index (χ0n) is 11.2. The number of benzene rings is 1. The van der Waals surface area contributed by atoms with Gasteiger partial charge in [-0.15, -0.1) is 5.10 Å². The average molecular weight is 259 g/mol. The van der Waals surface area contributed by atoms with Gasteiger partial charge in [0, 0.05) is 19.3 Å². The van der Waals surface area contributed by atoms with E-state index in [1.165, 1.54) is 5.56 Å². The van der Waals surface area contributed by atoms with Crippen molar-refractivity contribution in [2.45, 2.75) is 38.6 Å². The van der Waals surface area contributed by atoms with Gasteiger partial charge in [-0.3, -0.25) is 4.68 Å². The molecule has 0 amide bonds. The van der Waals surface area contributed by atoms with E-state index in [1.807, 2.05) is 16.9 Å². The predicted molar refractivity (Wildman–Crippen MR) is 74.8 cm³/mol. The maximum atomic E-state index is 8.76. The molecule has 0 aliphatic rings. The summed E-state index contributed by atoms with van der Waals surface area (Å²) in [4.78, 5) is 0. The zero-order valence-corrected chi connectivity index (χ0v) is 11.2. The Morgan fingerprint density at radius 1 is 1.00 bits per heavy atom. The van der Waals surface area contributed by atoms with E-state index < -0.39 is 0 Å². The topological polar surface area (TPSA) is 50.9 Å². The zero-order chi connectivity index (χ0) is 13.3. The second-order valence-corrected chi connectivity index (χ2v) is 4.74. The van der Waals surface area contributed by atoms with Gasteiger partial charge in [0.2, 0.25) is 0 Å². The summed E-state index contributed by atoms with van der Waals surface area (Å²) in [5, 5.41) is 17.0. The van der Waals surface area contributed by atoms with E-state index in [0.717, 1.165) is 44.3 Å². The monoisotopic (exact) mass is 259 g/mol. The van der Waals surface area contributed by atoms with E-state index >= 15 is 0 Å². The molecule has 0 fully saturated rings. The second-order valence-electron chi connectivity index (χ2n) is 4.74. The summed E-state index contributed by atoms with van der Waals surface area (Å²) in [6.07, 6.45) is 6.94. The predicted octanol–water partition coefficient (Wildman–Crippen LogP) is 2.23. The number of aromatic nitrogens is 3. The van der Waals surface area contributed by atoms with Crippen LogP contribution in [0.15, 0.2) is 36.5 Å². The Hall–Kier alpha value is -1.68. The largest absolute Gasteiger partial charge is 0.396 e. The molecular formula is C15H21N3O. The fraction of sp³-hybridized carbons (Fsp3) is 0.467. The quantitative estimate of drug-likeness (QED) is 0.740. The molecule has 19 heavy (non-hydrogen) atoms. The molecule has 4 heteroatoms. The van der Waals surface area contributed by atoms with Crippen LogP contribution in [-0.2, 0) is 19.4 Å². The van der Waals surface area contributed by atoms with Crippen LogP contribution in [-0.4, -0.2) is 26.7 Å². The molecule has 0 aliphatic carbocycles. The highest BCUT2D eigenvalue weighted by atomic mass is 16.2. The van der Waals surface area contributed by atoms with Gasteiger partial charge in [0.25, 0.3) is 0 Å². The fourth-order valence-electron chi connectivity index (χ4n) is 2.07. The summed E-state index contributed by atoms with van der Waals surface area (Å²) in [5.41, 5.74) is 2.36. The molecule has 1 heterocycles. The van der Waals surface area contributed by atoms with Gasteiger partial charge in [-0.2, -0.15) is 0 Å². The molecule has 0 saturated carbocycles. The van der Waals surface area contributed by atoms with Gasteiger partial charge in [-0.1, -0.05) is 35.5 Å². The van der Waals surface area contributed by atoms with Crippen LogP contribution < -0.4 is 0 Å². The third-order valence-electron chi connectivity index (χ3n) is 3.12. The van der Waals surface area contributed by atoms with Gasteiger partial charge in [0.05, 0.1) is 5.69 Å². The Balaban J connectivity index is 1.66. The van der Waals surface area contributed by atoms with Gasteiger partial charge in [0.15, 0.2) is 0 Å². The van der Waals surface area contributed by atoms with Crippen LogP contribution in [0, 0.1) is 0 Å². The van der Waals surface area contributed by atoms with Crippen LogP contribution in [0.2, 0.25) is 0 Å². The lowest BCUT2D eigenvalue weighted by Gasteiger charge is -2.01. The first kappa shape index (κ1) is 13.7. The maximum Gasteiger partial charge on any atom is 0.0828 e. The lowest BCUT2D eigenvalue weighted by molar-refractivity contribution is 0.288. The number of unbranched alkanes of at least 4 members (excludes halogenated alkanes) is 1. The van der Waals surface area contributed by atoms with Gasteiger partial charge in [-0.05, 0) is 37.7 Å². The van der Waals surface area contributed by atoms with Crippen LogP contribution in [0.3, 0.4) is 0 Å². The molecule has 1 aromatic carbocycles. The van der Waals surface area contributed by atoms with Crippen molar-refractivity contribution in [3.63, 3.8) is 0 Å². The molecule has 0 bridgehead atoms. The van der Waals surface area contributed by atoms with E-state index in [9.17, 15) is 0 Å². The van der Waals surface area contributed by atoms with Crippen molar-refractivity contribution < 1.29 is 5.11 Å². The van der Waals surface area contributed by atoms with E-state index in [-0.39, 0.29) is 6.61 Å². The lowest BCUT2D eigenvalue weighted by atomic mass is 10.1. The molecule has 2 rings (SSSR count). The van der Waals surface area contributed by atoms with E-state index in [4.69, 9.17) is 5.11 Å². The van der Waals surface area contributed by atoms with E-state index in [1.54, 1.807) is 0 Å². The molecule has 0 aliphatic heterocycles. The Kier molecular flexibility index (Phi) is 5.56. The van der Waals surface area contributed by atoms with Crippen molar-refractivity contribution >= 4 is 0 Å². The smallest absolute Gasteiger partial charge is 0.0828 e. The Morgan fingerprint density at radius 3 is 2.63 bits per heavy atom. The van der Waals surface area contributed by atoms with Crippen molar-refractivity contribution in [3.05, 3.63) is 47.8 Å². The Labute approximate surface area is 114 Å². The lowest BCUT2D eigenvalue weighted by Crippen LogP contribution is -1.99. The maximum absolute atomic E-state index is 8.76. The number of nitrogens with zero attached hydrogens (tertiary/aromatic N) is 3. The van der Waals surface area contributed by atoms with Gasteiger partial charge < -0.3 is 5.11 Å². The van der Waals surface area contributed by atoms with Crippen molar-refractivity contribution in [2.24, 2.45) is 0 Å². The molecule has 2 aromatic rings. The Morgan fingerprint density at radius 2 is 1.84 bits per heavy atom. The highest BCUT2D eigenvalue weighted by Crippen LogP contribution is 2.06. The normalized spacial score (nSPS) is 10.8. The number of hydrogen-bond acceptors (Lipinski definition) is 3. The summed E-state index contributed by atoms with van der Waals surface area (Å²) in [6, 6.07) is 10.6. The van der Waals surface area contributed by atoms with Crippen LogP contribution in [0.1, 0.15) is 30.5 Å². The fourth-order valence-corrected chi connectivity index (χ4v) is 2.07. The molecular weight excluding hydrogens is 238 g/mol. The third kappa shape index (κ3) is 4.83. The van der Waals surface area contributed by atoms with Gasteiger partial charge >= 0.3 is 0 Å². The summed E-state index contributed by atoms with van der Waals surface area (Å²) < 4.78 is 1.90. The minimum Gasteiger partial charge on any atom is -0.396 e. The van der Waals surface area contributed by atoms with Crippen molar-refractivity contribution in [1.29, 1.82) is 0 Å². The number of aliphatic hydroxyl groups is 1. The highest BCUT2D eigenvalue weighted by molar-refractivity contribution is 5.14. The van der Waals surface area contributed by atoms with E-state index in [0.29, 0.717) is 0 Å². The molecule has 0 saturated heterocycles. The van der Waals surface area contributed by atoms with Crippen LogP contribution >= 0.6 is 0 Å². The first-order chi connectivity index (χ1) is 9.38. The molecule has 1 N–H and O–H groups in total. The Bertz CT molecular complexity index is 467. The van der Waals surface area contributed by atoms with Crippen molar-refractivity contribution in [3.8, 4) is 0 Å². The average Bonchev–Trinajstić information content (AvgIpc) is 2.90. The number of aliphatic hydroxyl groups excluding tert-OH is 1. The second kappa shape index (κ2) is 7.69. The van der Waals surface area contributed by atoms with Crippen LogP contribution in [0.4, 0.5) is 0 Å². The van der Waals surface area contributed by atoms with Crippen LogP contribution in [0.25, 0.3) is 0 Å². The highest BCUT2D eigenvalue weighted by Gasteiger charge is 2.00. The molecule has 4 nitrogen and oxygen atoms in total. The minimum atomic E-state index is 0.212. The minimum absolute atomic E-state index is 0.212. The summed E-state index contributed by atoms with van der Waals surface area (Å²) in [7, 11) is 0. The molecule has 0 spiro atoms. The SMILES string of the molecule is OCCCc1cn(CCCCc2ccccc2)nn1. The first-order valence-electron chi connectivity index (χ1n) is 6.92. The molecule has 0 atom stereocenters. The summed E-state index contributed by atoms with van der Waals surface area (Å²) in [5.74, 6) is 0. The van der Waals surface area contributed by atoms with Crippen molar-refractivity contribution in [2.75, 3.05) is 6.61 Å². The van der Waals surface area contributed by atoms with Crippen molar-refractivity contribution in [1.82, 2.24) is 15.0 Å². The summed E-state index contributed by atoms with van der Waals surface area (Å²) >= 11 is 0. The standard InChI is InChI=1S/C15H21N3O/c19-12-6-10-15-13-18(17-16-15)11-5-4-9-14-7-2-1-3-8-14/h1-3,7-8,13,19H,4-6,9-12H2. The molecule has 102 valence electrons. The number of rotatable bonds is 8. The third-order valence-corrected chi connectivity index (χ3v) is 3.12. The van der Waals surface area contributed by atoms with Crippen LogP contribution in [0.5, 0.6) is 0 Å². The molecule has 1 aromatic heterocycles. The van der Waals surface area contributed by atoms with Gasteiger partial charge in [-0.25, -0.2) is 0 Å². The first-order valence-corrected chi connectivity index (χ1v) is 6.92. The number of hydrogen-bond donors (Lipinski definition) is 1. The number of aryl methyl sites for hydroxylation is 3. The molecule has 0 unspecified atom stereocenters. The summed E-state index contributed by atoms with van der Waals surface area (Å²) in [6.45, 7) is 1.13. The van der Waals surface area contributed by atoms with Gasteiger partial charge in [0.1, 0.15) is 0 Å². The molecule has 0 radical (unpaired) electrons.